The number of rotatable bonds is 11. The molecule has 0 saturated carbocycles. The summed E-state index contributed by atoms with van der Waals surface area (Å²) in [5.41, 5.74) is 0.0357. The number of nitrogens with one attached hydrogen (secondary N) is 2. The van der Waals surface area contributed by atoms with Crippen molar-refractivity contribution >= 4 is 18.9 Å². The van der Waals surface area contributed by atoms with Crippen LogP contribution in [0.25, 0.3) is 0 Å². The van der Waals surface area contributed by atoms with E-state index >= 15 is 0 Å². The van der Waals surface area contributed by atoms with Crippen molar-refractivity contribution in [2.75, 3.05) is 13.7 Å². The van der Waals surface area contributed by atoms with Gasteiger partial charge >= 0.3 is 7.12 Å². The molecular weight excluding hydrogens is 391 g/mol. The molecule has 1 heterocycles. The van der Waals surface area contributed by atoms with Gasteiger partial charge in [0.05, 0.1) is 24.8 Å². The largest absolute Gasteiger partial charge is 0.494 e. The van der Waals surface area contributed by atoms with Gasteiger partial charge in [-0.2, -0.15) is 0 Å². The number of methoxy groups -OCH3 is 1. The van der Waals surface area contributed by atoms with Crippen molar-refractivity contribution in [2.24, 2.45) is 0 Å². The van der Waals surface area contributed by atoms with Gasteiger partial charge in [0.1, 0.15) is 17.5 Å². The van der Waals surface area contributed by atoms with E-state index in [1.54, 1.807) is 19.1 Å². The number of benzene rings is 1. The van der Waals surface area contributed by atoms with Crippen LogP contribution in [0.4, 0.5) is 0 Å². The summed E-state index contributed by atoms with van der Waals surface area (Å²) in [6.07, 6.45) is 3.48. The number of nitrogens with zero attached hydrogens (tertiary/aromatic N) is 2. The Balaban J connectivity index is 1.99. The van der Waals surface area contributed by atoms with Crippen molar-refractivity contribution in [3.8, 4) is 5.75 Å². The summed E-state index contributed by atoms with van der Waals surface area (Å²) in [4.78, 5) is 32.8. The molecule has 0 spiro atoms. The standard InChI is InChI=1S/C19H25BN4O6/c1-13(29-2)17(24-18(25)15-12-21-9-10-22-15)19(26)23-16(20(27)28)8-11-30-14-6-4-3-5-7-14/h3-7,9-10,12-13,16-17,27-28H,8,11H2,1-2H3,(H,23,26)(H,24,25). The van der Waals surface area contributed by atoms with Crippen molar-refractivity contribution in [3.63, 3.8) is 0 Å². The molecular formula is C19H25BN4O6. The van der Waals surface area contributed by atoms with E-state index in [4.69, 9.17) is 9.47 Å². The van der Waals surface area contributed by atoms with Gasteiger partial charge in [-0.05, 0) is 19.1 Å². The van der Waals surface area contributed by atoms with Crippen LogP contribution in [-0.2, 0) is 9.53 Å². The lowest BCUT2D eigenvalue weighted by atomic mass is 9.77. The summed E-state index contributed by atoms with van der Waals surface area (Å²) < 4.78 is 10.7. The minimum absolute atomic E-state index is 0.0357. The Morgan fingerprint density at radius 1 is 1.17 bits per heavy atom. The van der Waals surface area contributed by atoms with Crippen LogP contribution in [0.2, 0.25) is 0 Å². The summed E-state index contributed by atoms with van der Waals surface area (Å²) in [6.45, 7) is 1.74. The number of aromatic nitrogens is 2. The van der Waals surface area contributed by atoms with Gasteiger partial charge in [-0.3, -0.25) is 14.6 Å². The highest BCUT2D eigenvalue weighted by Gasteiger charge is 2.32. The maximum absolute atomic E-state index is 12.8. The molecule has 0 aliphatic carbocycles. The zero-order valence-electron chi connectivity index (χ0n) is 16.8. The highest BCUT2D eigenvalue weighted by molar-refractivity contribution is 6.43. The highest BCUT2D eigenvalue weighted by atomic mass is 16.5. The molecule has 0 radical (unpaired) electrons. The van der Waals surface area contributed by atoms with E-state index in [2.05, 4.69) is 20.6 Å². The van der Waals surface area contributed by atoms with E-state index in [9.17, 15) is 19.6 Å². The molecule has 3 atom stereocenters. The Hall–Kier alpha value is -3.02. The number of hydrogen-bond acceptors (Lipinski definition) is 8. The molecule has 2 aromatic rings. The fourth-order valence-electron chi connectivity index (χ4n) is 2.55. The van der Waals surface area contributed by atoms with Crippen molar-refractivity contribution in [2.45, 2.75) is 31.4 Å². The summed E-state index contributed by atoms with van der Waals surface area (Å²) in [5, 5.41) is 24.4. The van der Waals surface area contributed by atoms with Gasteiger partial charge in [0.2, 0.25) is 5.91 Å². The van der Waals surface area contributed by atoms with Gasteiger partial charge in [-0.15, -0.1) is 0 Å². The van der Waals surface area contributed by atoms with Crippen molar-refractivity contribution in [1.82, 2.24) is 20.6 Å². The summed E-state index contributed by atoms with van der Waals surface area (Å²) in [7, 11) is -0.423. The second-order valence-electron chi connectivity index (χ2n) is 6.46. The number of ether oxygens (including phenoxy) is 2. The average Bonchev–Trinajstić information content (AvgIpc) is 2.77. The molecule has 1 aromatic heterocycles. The van der Waals surface area contributed by atoms with Gasteiger partial charge in [0.15, 0.2) is 0 Å². The van der Waals surface area contributed by atoms with Crippen LogP contribution < -0.4 is 15.4 Å². The first-order valence-electron chi connectivity index (χ1n) is 9.36. The zero-order valence-corrected chi connectivity index (χ0v) is 16.8. The fraction of sp³-hybridized carbons (Fsp3) is 0.368. The Bertz CT molecular complexity index is 796. The van der Waals surface area contributed by atoms with Gasteiger partial charge < -0.3 is 30.2 Å². The van der Waals surface area contributed by atoms with Crippen LogP contribution in [0.15, 0.2) is 48.9 Å². The molecule has 0 bridgehead atoms. The third kappa shape index (κ3) is 7.10. The number of amides is 2. The molecule has 0 aliphatic rings. The van der Waals surface area contributed by atoms with Crippen LogP contribution in [0, 0.1) is 0 Å². The molecule has 3 unspecified atom stereocenters. The molecule has 10 nitrogen and oxygen atoms in total. The lowest BCUT2D eigenvalue weighted by Crippen LogP contribution is -2.57. The first-order valence-corrected chi connectivity index (χ1v) is 9.36. The Morgan fingerprint density at radius 3 is 2.50 bits per heavy atom. The fourth-order valence-corrected chi connectivity index (χ4v) is 2.55. The minimum Gasteiger partial charge on any atom is -0.494 e. The van der Waals surface area contributed by atoms with Gasteiger partial charge in [-0.1, -0.05) is 18.2 Å². The maximum atomic E-state index is 12.8. The van der Waals surface area contributed by atoms with Crippen molar-refractivity contribution < 1.29 is 29.1 Å². The van der Waals surface area contributed by atoms with E-state index in [0.717, 1.165) is 0 Å². The van der Waals surface area contributed by atoms with Crippen molar-refractivity contribution in [1.29, 1.82) is 0 Å². The first-order chi connectivity index (χ1) is 14.4. The number of hydrogen-bond donors (Lipinski definition) is 4. The number of carbonyl (C=O) groups excluding carboxylic acids is 2. The van der Waals surface area contributed by atoms with Crippen LogP contribution in [-0.4, -0.2) is 70.8 Å². The SMILES string of the molecule is COC(C)C(NC(=O)c1cnccn1)C(=O)NC(CCOc1ccccc1)B(O)O. The molecule has 0 saturated heterocycles. The number of para-hydroxylation sites is 1. The van der Waals surface area contributed by atoms with E-state index in [-0.39, 0.29) is 18.7 Å². The molecule has 1 aromatic carbocycles. The normalized spacial score (nSPS) is 13.6. The van der Waals surface area contributed by atoms with Crippen LogP contribution >= 0.6 is 0 Å². The predicted molar refractivity (Wildman–Crippen MR) is 108 cm³/mol. The molecule has 0 aliphatic heterocycles. The lowest BCUT2D eigenvalue weighted by molar-refractivity contribution is -0.126. The second kappa shape index (κ2) is 11.9. The third-order valence-corrected chi connectivity index (χ3v) is 4.33. The van der Waals surface area contributed by atoms with E-state index in [1.807, 2.05) is 18.2 Å². The third-order valence-electron chi connectivity index (χ3n) is 4.33. The summed E-state index contributed by atoms with van der Waals surface area (Å²) >= 11 is 0. The smallest absolute Gasteiger partial charge is 0.475 e. The van der Waals surface area contributed by atoms with Crippen LogP contribution in [0.5, 0.6) is 5.75 Å². The Morgan fingerprint density at radius 2 is 1.90 bits per heavy atom. The number of carbonyl (C=O) groups is 2. The maximum Gasteiger partial charge on any atom is 0.475 e. The highest BCUT2D eigenvalue weighted by Crippen LogP contribution is 2.09. The van der Waals surface area contributed by atoms with E-state index < -0.39 is 37.0 Å². The van der Waals surface area contributed by atoms with E-state index in [0.29, 0.717) is 5.75 Å². The first kappa shape index (κ1) is 23.3. The zero-order chi connectivity index (χ0) is 21.9. The van der Waals surface area contributed by atoms with Crippen LogP contribution in [0.3, 0.4) is 0 Å². The second-order valence-corrected chi connectivity index (χ2v) is 6.46. The summed E-state index contributed by atoms with van der Waals surface area (Å²) in [5.74, 6) is -1.64. The Labute approximate surface area is 174 Å². The van der Waals surface area contributed by atoms with Gasteiger partial charge in [0, 0.05) is 25.9 Å². The van der Waals surface area contributed by atoms with Gasteiger partial charge in [-0.25, -0.2) is 4.98 Å². The molecule has 30 heavy (non-hydrogen) atoms. The minimum atomic E-state index is -1.82. The molecule has 2 rings (SSSR count). The van der Waals surface area contributed by atoms with Gasteiger partial charge in [0.25, 0.3) is 5.91 Å². The molecule has 160 valence electrons. The van der Waals surface area contributed by atoms with Crippen molar-refractivity contribution in [3.05, 3.63) is 54.6 Å². The lowest BCUT2D eigenvalue weighted by Gasteiger charge is -2.26. The predicted octanol–water partition coefficient (Wildman–Crippen LogP) is -0.424. The molecule has 11 heteroatoms. The summed E-state index contributed by atoms with van der Waals surface area (Å²) in [6, 6.07) is 7.90. The van der Waals surface area contributed by atoms with Crippen LogP contribution in [0.1, 0.15) is 23.8 Å². The molecule has 2 amide bonds. The van der Waals surface area contributed by atoms with E-state index in [1.165, 1.54) is 25.7 Å². The Kier molecular flexibility index (Phi) is 9.20. The molecule has 4 N–H and O–H groups in total. The monoisotopic (exact) mass is 416 g/mol. The molecule has 0 fully saturated rings. The average molecular weight is 416 g/mol. The topological polar surface area (TPSA) is 143 Å². The quantitative estimate of drug-likeness (QED) is 0.362.